The van der Waals surface area contributed by atoms with Crippen molar-refractivity contribution in [2.24, 2.45) is 0 Å². The van der Waals surface area contributed by atoms with E-state index in [2.05, 4.69) is 0 Å². The first-order chi connectivity index (χ1) is 5.54. The number of carboxylic acid groups (broad SMARTS) is 2. The van der Waals surface area contributed by atoms with Gasteiger partial charge in [0.05, 0.1) is 10.0 Å². The van der Waals surface area contributed by atoms with Crippen LogP contribution in [-0.2, 0) is 0 Å². The van der Waals surface area contributed by atoms with E-state index < -0.39 is 6.16 Å². The molecule has 0 fully saturated rings. The predicted octanol–water partition coefficient (Wildman–Crippen LogP) is -5.45. The zero-order chi connectivity index (χ0) is 9.56. The van der Waals surface area contributed by atoms with Crippen LogP contribution in [0.2, 0.25) is 10.0 Å². The third kappa shape index (κ3) is 14.3. The Morgan fingerprint density at radius 1 is 1.00 bits per heavy atom. The number of halogens is 2. The van der Waals surface area contributed by atoms with E-state index in [-0.39, 0.29) is 103 Å². The van der Waals surface area contributed by atoms with Gasteiger partial charge in [0.15, 0.2) is 0 Å². The van der Waals surface area contributed by atoms with Gasteiger partial charge in [-0.1, -0.05) is 35.3 Å². The largest absolute Gasteiger partial charge is 1.00 e. The third-order valence-corrected chi connectivity index (χ3v) is 1.58. The number of carbonyl (C=O) groups excluding carboxylic acids is 1. The molecule has 0 radical (unpaired) electrons. The fourth-order valence-corrected chi connectivity index (χ4v) is 0.711. The Morgan fingerprint density at radius 2 is 1.21 bits per heavy atom. The Balaban J connectivity index is -0.000000180. The van der Waals surface area contributed by atoms with Gasteiger partial charge in [-0.25, -0.2) is 0 Å². The molecule has 0 amide bonds. The minimum atomic E-state index is -2.33. The van der Waals surface area contributed by atoms with Gasteiger partial charge in [0, 0.05) is 0 Å². The molecule has 0 N–H and O–H groups in total. The van der Waals surface area contributed by atoms with E-state index in [9.17, 15) is 0 Å². The number of rotatable bonds is 0. The van der Waals surface area contributed by atoms with Crippen LogP contribution in [0.1, 0.15) is 0 Å². The summed E-state index contributed by atoms with van der Waals surface area (Å²) in [5.41, 5.74) is 0. The molecule has 0 aliphatic heterocycles. The number of hydrogen-bond donors (Lipinski definition) is 0. The summed E-state index contributed by atoms with van der Waals surface area (Å²) in [6, 6.07) is 7.19. The molecule has 7 heteroatoms. The zero-order valence-corrected chi connectivity index (χ0v) is 15.5. The van der Waals surface area contributed by atoms with Crippen LogP contribution in [0.15, 0.2) is 24.3 Å². The maximum absolute atomic E-state index is 8.33. The second-order valence-corrected chi connectivity index (χ2v) is 2.48. The van der Waals surface area contributed by atoms with Crippen molar-refractivity contribution in [3.05, 3.63) is 34.3 Å². The molecule has 0 aromatic heterocycles. The molecule has 0 bridgehead atoms. The van der Waals surface area contributed by atoms with Gasteiger partial charge in [-0.15, -0.1) is 0 Å². The summed E-state index contributed by atoms with van der Waals surface area (Å²) in [4.78, 5) is 8.33. The Labute approximate surface area is 177 Å². The van der Waals surface area contributed by atoms with Crippen LogP contribution in [0, 0.1) is 0 Å². The quantitative estimate of drug-likeness (QED) is 0.447. The van der Waals surface area contributed by atoms with Gasteiger partial charge in [0.25, 0.3) is 0 Å². The van der Waals surface area contributed by atoms with Crippen molar-refractivity contribution < 1.29 is 118 Å². The molecular formula is C7H4Cl2K2O3. The number of hydrogen-bond acceptors (Lipinski definition) is 3. The summed E-state index contributed by atoms with van der Waals surface area (Å²) in [6.07, 6.45) is -2.33. The molecule has 0 heterocycles. The summed E-state index contributed by atoms with van der Waals surface area (Å²) >= 11 is 11.2. The van der Waals surface area contributed by atoms with Crippen molar-refractivity contribution in [1.82, 2.24) is 0 Å². The van der Waals surface area contributed by atoms with Crippen LogP contribution in [0.25, 0.3) is 0 Å². The second-order valence-electron chi connectivity index (χ2n) is 1.66. The molecule has 3 nitrogen and oxygen atoms in total. The molecule has 0 aliphatic rings. The van der Waals surface area contributed by atoms with Crippen molar-refractivity contribution in [3.63, 3.8) is 0 Å². The van der Waals surface area contributed by atoms with E-state index >= 15 is 0 Å². The average Bonchev–Trinajstić information content (AvgIpc) is 1.94. The Kier molecular flexibility index (Phi) is 20.7. The molecule has 14 heavy (non-hydrogen) atoms. The molecule has 1 aromatic rings. The normalized spacial score (nSPS) is 7.00. The SMILES string of the molecule is Clc1ccccc1Cl.O=C([O-])[O-].[K+].[K+]. The van der Waals surface area contributed by atoms with Gasteiger partial charge >= 0.3 is 103 Å². The smallest absolute Gasteiger partial charge is 0.652 e. The molecule has 1 aromatic carbocycles. The molecule has 66 valence electrons. The molecule has 0 unspecified atom stereocenters. The van der Waals surface area contributed by atoms with E-state index in [4.69, 9.17) is 38.2 Å². The second kappa shape index (κ2) is 13.4. The van der Waals surface area contributed by atoms with E-state index in [1.807, 2.05) is 12.1 Å². The third-order valence-electron chi connectivity index (χ3n) is 0.824. The maximum atomic E-state index is 8.33. The standard InChI is InChI=1S/C6H4Cl2.CH2O3.2K/c7-5-3-1-2-4-6(5)8;2-1(3)4;;/h1-4H;(H2,2,3,4);;/q;;2*+1/p-2. The summed E-state index contributed by atoms with van der Waals surface area (Å²) in [5.74, 6) is 0. The van der Waals surface area contributed by atoms with Crippen LogP contribution in [0.4, 0.5) is 4.79 Å². The van der Waals surface area contributed by atoms with Crippen LogP contribution in [0.5, 0.6) is 0 Å². The molecular weight excluding hydrogens is 281 g/mol. The average molecular weight is 285 g/mol. The van der Waals surface area contributed by atoms with E-state index in [0.29, 0.717) is 10.0 Å². The minimum absolute atomic E-state index is 0. The zero-order valence-electron chi connectivity index (χ0n) is 7.79. The van der Waals surface area contributed by atoms with E-state index in [1.165, 1.54) is 0 Å². The van der Waals surface area contributed by atoms with Crippen LogP contribution in [-0.4, -0.2) is 6.16 Å². The summed E-state index contributed by atoms with van der Waals surface area (Å²) < 4.78 is 0. The molecule has 0 saturated heterocycles. The monoisotopic (exact) mass is 284 g/mol. The predicted molar refractivity (Wildman–Crippen MR) is 41.9 cm³/mol. The van der Waals surface area contributed by atoms with E-state index in [1.54, 1.807) is 12.1 Å². The summed E-state index contributed by atoms with van der Waals surface area (Å²) in [6.45, 7) is 0. The first kappa shape index (κ1) is 21.6. The molecule has 0 atom stereocenters. The number of carbonyl (C=O) groups is 1. The minimum Gasteiger partial charge on any atom is -0.652 e. The van der Waals surface area contributed by atoms with Gasteiger partial charge in [0.2, 0.25) is 0 Å². The fourth-order valence-electron chi connectivity index (χ4n) is 0.439. The van der Waals surface area contributed by atoms with Crippen LogP contribution < -0.4 is 113 Å². The molecule has 0 aliphatic carbocycles. The number of benzene rings is 1. The van der Waals surface area contributed by atoms with Crippen molar-refractivity contribution in [2.75, 3.05) is 0 Å². The van der Waals surface area contributed by atoms with Gasteiger partial charge in [-0.05, 0) is 18.3 Å². The van der Waals surface area contributed by atoms with Crippen molar-refractivity contribution in [1.29, 1.82) is 0 Å². The summed E-state index contributed by atoms with van der Waals surface area (Å²) in [5, 5.41) is 17.9. The van der Waals surface area contributed by atoms with Crippen LogP contribution >= 0.6 is 23.2 Å². The maximum Gasteiger partial charge on any atom is 1.00 e. The van der Waals surface area contributed by atoms with Gasteiger partial charge in [-0.3, -0.25) is 0 Å². The van der Waals surface area contributed by atoms with Crippen molar-refractivity contribution >= 4 is 29.4 Å². The fraction of sp³-hybridized carbons (Fsp3) is 0. The summed E-state index contributed by atoms with van der Waals surface area (Å²) in [7, 11) is 0. The van der Waals surface area contributed by atoms with Gasteiger partial charge in [0.1, 0.15) is 0 Å². The Bertz CT molecular complexity index is 246. The Morgan fingerprint density at radius 3 is 1.36 bits per heavy atom. The van der Waals surface area contributed by atoms with Gasteiger partial charge in [-0.2, -0.15) is 0 Å². The van der Waals surface area contributed by atoms with Crippen molar-refractivity contribution in [3.8, 4) is 0 Å². The molecule has 0 saturated carbocycles. The van der Waals surface area contributed by atoms with Crippen molar-refractivity contribution in [2.45, 2.75) is 0 Å². The first-order valence-electron chi connectivity index (χ1n) is 2.82. The van der Waals surface area contributed by atoms with Crippen LogP contribution in [0.3, 0.4) is 0 Å². The Hall–Kier alpha value is 2.34. The molecule has 0 spiro atoms. The van der Waals surface area contributed by atoms with Gasteiger partial charge < -0.3 is 15.0 Å². The molecule has 1 rings (SSSR count). The first-order valence-corrected chi connectivity index (χ1v) is 3.57. The van der Waals surface area contributed by atoms with E-state index in [0.717, 1.165) is 0 Å². The topological polar surface area (TPSA) is 63.2 Å².